The van der Waals surface area contributed by atoms with E-state index in [1.165, 1.54) is 0 Å². The van der Waals surface area contributed by atoms with Crippen LogP contribution in [0.15, 0.2) is 54.0 Å². The number of carbonyl (C=O) groups excluding carboxylic acids is 1. The maximum absolute atomic E-state index is 12.6. The number of ether oxygens (including phenoxy) is 1. The summed E-state index contributed by atoms with van der Waals surface area (Å²) in [6.45, 7) is 3.91. The van der Waals surface area contributed by atoms with E-state index in [1.54, 1.807) is 36.8 Å². The van der Waals surface area contributed by atoms with E-state index in [9.17, 15) is 4.79 Å². The molecule has 6 nitrogen and oxygen atoms in total. The van der Waals surface area contributed by atoms with Gasteiger partial charge in [-0.1, -0.05) is 30.3 Å². The molecule has 0 atom stereocenters. The molecule has 0 radical (unpaired) electrons. The van der Waals surface area contributed by atoms with Gasteiger partial charge in [0.05, 0.1) is 18.4 Å². The Morgan fingerprint density at radius 3 is 2.57 bits per heavy atom. The first-order valence-electron chi connectivity index (χ1n) is 9.24. The molecule has 0 aliphatic carbocycles. The van der Waals surface area contributed by atoms with Gasteiger partial charge in [-0.05, 0) is 6.07 Å². The Balaban J connectivity index is 1.32. The van der Waals surface area contributed by atoms with Crippen molar-refractivity contribution in [1.82, 2.24) is 19.8 Å². The number of hydrogen-bond donors (Lipinski definition) is 0. The SMILES string of the molecule is COc1ccc(C(=O)N2CCN(Cc3csc(-c4ccccc4)n3)CC2)cn1. The second kappa shape index (κ2) is 8.50. The van der Waals surface area contributed by atoms with Gasteiger partial charge >= 0.3 is 0 Å². The van der Waals surface area contributed by atoms with Crippen LogP contribution in [0.4, 0.5) is 0 Å². The molecular weight excluding hydrogens is 372 g/mol. The fraction of sp³-hybridized carbons (Fsp3) is 0.286. The number of aromatic nitrogens is 2. The van der Waals surface area contributed by atoms with Crippen molar-refractivity contribution in [3.63, 3.8) is 0 Å². The van der Waals surface area contributed by atoms with Crippen molar-refractivity contribution in [3.8, 4) is 16.5 Å². The zero-order valence-electron chi connectivity index (χ0n) is 15.7. The number of nitrogens with zero attached hydrogens (tertiary/aromatic N) is 4. The maximum atomic E-state index is 12.6. The van der Waals surface area contributed by atoms with Crippen molar-refractivity contribution in [3.05, 3.63) is 65.3 Å². The Bertz CT molecular complexity index is 919. The second-order valence-electron chi connectivity index (χ2n) is 6.67. The molecule has 1 aromatic carbocycles. The fourth-order valence-electron chi connectivity index (χ4n) is 3.24. The molecule has 2 aromatic heterocycles. The largest absolute Gasteiger partial charge is 0.481 e. The predicted octanol–water partition coefficient (Wildman–Crippen LogP) is 3.17. The van der Waals surface area contributed by atoms with Crippen LogP contribution in [-0.2, 0) is 6.54 Å². The third kappa shape index (κ3) is 4.21. The molecule has 1 amide bonds. The Morgan fingerprint density at radius 1 is 1.11 bits per heavy atom. The van der Waals surface area contributed by atoms with Crippen LogP contribution in [0.1, 0.15) is 16.1 Å². The summed E-state index contributed by atoms with van der Waals surface area (Å²) in [5, 5.41) is 3.18. The lowest BCUT2D eigenvalue weighted by molar-refractivity contribution is 0.0627. The van der Waals surface area contributed by atoms with Crippen molar-refractivity contribution in [1.29, 1.82) is 0 Å². The number of methoxy groups -OCH3 is 1. The minimum absolute atomic E-state index is 0.0230. The predicted molar refractivity (Wildman–Crippen MR) is 110 cm³/mol. The van der Waals surface area contributed by atoms with Crippen molar-refractivity contribution >= 4 is 17.2 Å². The van der Waals surface area contributed by atoms with Crippen LogP contribution in [0, 0.1) is 0 Å². The third-order valence-electron chi connectivity index (χ3n) is 4.81. The van der Waals surface area contributed by atoms with Gasteiger partial charge in [0.25, 0.3) is 5.91 Å². The number of amides is 1. The highest BCUT2D eigenvalue weighted by atomic mass is 32.1. The zero-order chi connectivity index (χ0) is 19.3. The molecule has 1 aliphatic rings. The number of piperazine rings is 1. The smallest absolute Gasteiger partial charge is 0.255 e. The normalized spacial score (nSPS) is 14.8. The molecule has 7 heteroatoms. The molecule has 28 heavy (non-hydrogen) atoms. The van der Waals surface area contributed by atoms with Gasteiger partial charge in [0.15, 0.2) is 0 Å². The molecule has 4 rings (SSSR count). The van der Waals surface area contributed by atoms with Crippen molar-refractivity contribution in [2.24, 2.45) is 0 Å². The standard InChI is InChI=1S/C21H22N4O2S/c1-27-19-8-7-17(13-22-19)21(26)25-11-9-24(10-12-25)14-18-15-28-20(23-18)16-5-3-2-4-6-16/h2-8,13,15H,9-12,14H2,1H3. The molecular formula is C21H22N4O2S. The summed E-state index contributed by atoms with van der Waals surface area (Å²) in [5.74, 6) is 0.536. The number of hydrogen-bond acceptors (Lipinski definition) is 6. The van der Waals surface area contributed by atoms with Crippen LogP contribution in [0.25, 0.3) is 10.6 Å². The molecule has 144 valence electrons. The lowest BCUT2D eigenvalue weighted by Gasteiger charge is -2.34. The number of benzene rings is 1. The first-order valence-corrected chi connectivity index (χ1v) is 10.1. The summed E-state index contributed by atoms with van der Waals surface area (Å²) in [6.07, 6.45) is 1.58. The minimum Gasteiger partial charge on any atom is -0.481 e. The lowest BCUT2D eigenvalue weighted by Crippen LogP contribution is -2.48. The highest BCUT2D eigenvalue weighted by Crippen LogP contribution is 2.24. The summed E-state index contributed by atoms with van der Waals surface area (Å²) in [5.41, 5.74) is 2.84. The van der Waals surface area contributed by atoms with Crippen molar-refractivity contribution in [2.75, 3.05) is 33.3 Å². The summed E-state index contributed by atoms with van der Waals surface area (Å²) in [7, 11) is 1.56. The van der Waals surface area contributed by atoms with Gasteiger partial charge in [0.2, 0.25) is 5.88 Å². The highest BCUT2D eigenvalue weighted by molar-refractivity contribution is 7.13. The quantitative estimate of drug-likeness (QED) is 0.665. The summed E-state index contributed by atoms with van der Waals surface area (Å²) < 4.78 is 5.05. The lowest BCUT2D eigenvalue weighted by atomic mass is 10.2. The van der Waals surface area contributed by atoms with E-state index in [0.29, 0.717) is 24.5 Å². The van der Waals surface area contributed by atoms with Gasteiger partial charge in [-0.2, -0.15) is 0 Å². The van der Waals surface area contributed by atoms with E-state index in [2.05, 4.69) is 27.4 Å². The minimum atomic E-state index is 0.0230. The summed E-state index contributed by atoms with van der Waals surface area (Å²) in [6, 6.07) is 13.7. The molecule has 3 aromatic rings. The number of carbonyl (C=O) groups is 1. The summed E-state index contributed by atoms with van der Waals surface area (Å²) in [4.78, 5) is 25.8. The first kappa shape index (κ1) is 18.6. The van der Waals surface area contributed by atoms with Crippen LogP contribution in [0.3, 0.4) is 0 Å². The Morgan fingerprint density at radius 2 is 1.89 bits per heavy atom. The van der Waals surface area contributed by atoms with Crippen LogP contribution < -0.4 is 4.74 Å². The van der Waals surface area contributed by atoms with Gasteiger partial charge in [-0.25, -0.2) is 9.97 Å². The number of thiazole rings is 1. The fourth-order valence-corrected chi connectivity index (χ4v) is 4.06. The Hall–Kier alpha value is -2.77. The molecule has 0 spiro atoms. The van der Waals surface area contributed by atoms with E-state index in [-0.39, 0.29) is 5.91 Å². The van der Waals surface area contributed by atoms with Crippen LogP contribution in [0.2, 0.25) is 0 Å². The van der Waals surface area contributed by atoms with E-state index in [4.69, 9.17) is 9.72 Å². The van der Waals surface area contributed by atoms with Crippen LogP contribution in [-0.4, -0.2) is 59.0 Å². The van der Waals surface area contributed by atoms with Crippen molar-refractivity contribution in [2.45, 2.75) is 6.54 Å². The van der Waals surface area contributed by atoms with Gasteiger partial charge in [-0.3, -0.25) is 9.69 Å². The molecule has 0 saturated carbocycles. The van der Waals surface area contributed by atoms with Crippen LogP contribution in [0.5, 0.6) is 5.88 Å². The Labute approximate surface area is 168 Å². The monoisotopic (exact) mass is 394 g/mol. The van der Waals surface area contributed by atoms with Crippen LogP contribution >= 0.6 is 11.3 Å². The first-order chi connectivity index (χ1) is 13.7. The van der Waals surface area contributed by atoms with E-state index >= 15 is 0 Å². The molecule has 3 heterocycles. The number of rotatable bonds is 5. The molecule has 1 saturated heterocycles. The zero-order valence-corrected chi connectivity index (χ0v) is 16.6. The van der Waals surface area contributed by atoms with Gasteiger partial charge in [-0.15, -0.1) is 11.3 Å². The Kier molecular flexibility index (Phi) is 5.64. The molecule has 1 fully saturated rings. The van der Waals surface area contributed by atoms with Gasteiger partial charge in [0, 0.05) is 55.9 Å². The number of pyridine rings is 1. The van der Waals surface area contributed by atoms with E-state index in [1.807, 2.05) is 23.1 Å². The molecule has 0 bridgehead atoms. The molecule has 0 unspecified atom stereocenters. The molecule has 1 aliphatic heterocycles. The van der Waals surface area contributed by atoms with E-state index in [0.717, 1.165) is 35.9 Å². The average Bonchev–Trinajstić information content (AvgIpc) is 3.23. The highest BCUT2D eigenvalue weighted by Gasteiger charge is 2.23. The second-order valence-corrected chi connectivity index (χ2v) is 7.53. The van der Waals surface area contributed by atoms with Gasteiger partial charge < -0.3 is 9.64 Å². The summed E-state index contributed by atoms with van der Waals surface area (Å²) >= 11 is 1.68. The third-order valence-corrected chi connectivity index (χ3v) is 5.75. The topological polar surface area (TPSA) is 58.6 Å². The van der Waals surface area contributed by atoms with Gasteiger partial charge in [0.1, 0.15) is 5.01 Å². The average molecular weight is 395 g/mol. The van der Waals surface area contributed by atoms with Crippen molar-refractivity contribution < 1.29 is 9.53 Å². The molecule has 0 N–H and O–H groups in total. The maximum Gasteiger partial charge on any atom is 0.255 e. The van der Waals surface area contributed by atoms with E-state index < -0.39 is 0 Å².